The van der Waals surface area contributed by atoms with Crippen molar-refractivity contribution in [2.24, 2.45) is 5.92 Å². The number of aromatic nitrogens is 3. The first-order valence-electron chi connectivity index (χ1n) is 9.01. The van der Waals surface area contributed by atoms with Crippen LogP contribution in [0.1, 0.15) is 24.4 Å². The first-order valence-corrected chi connectivity index (χ1v) is 9.01. The van der Waals surface area contributed by atoms with Gasteiger partial charge < -0.3 is 14.3 Å². The van der Waals surface area contributed by atoms with Gasteiger partial charge >= 0.3 is 0 Å². The van der Waals surface area contributed by atoms with Gasteiger partial charge in [-0.1, -0.05) is 11.2 Å². The Bertz CT molecular complexity index is 906. The zero-order valence-electron chi connectivity index (χ0n) is 15.1. The van der Waals surface area contributed by atoms with Gasteiger partial charge in [0.2, 0.25) is 17.6 Å². The first-order chi connectivity index (χ1) is 13.2. The minimum Gasteiger partial charge on any atom is -0.461 e. The van der Waals surface area contributed by atoms with Gasteiger partial charge in [-0.05, 0) is 50.6 Å². The van der Waals surface area contributed by atoms with E-state index < -0.39 is 0 Å². The van der Waals surface area contributed by atoms with E-state index in [0.29, 0.717) is 36.4 Å². The van der Waals surface area contributed by atoms with E-state index in [-0.39, 0.29) is 11.8 Å². The smallest absolute Gasteiger partial charge is 0.241 e. The number of nitrogens with one attached hydrogen (secondary N) is 1. The molecule has 0 saturated carbocycles. The predicted octanol–water partition coefficient (Wildman–Crippen LogP) is 2.88. The van der Waals surface area contributed by atoms with Crippen LogP contribution in [0.15, 0.2) is 45.5 Å². The average molecular weight is 367 g/mol. The number of hydrogen-bond acceptors (Lipinski definition) is 7. The Morgan fingerprint density at radius 2 is 2.22 bits per heavy atom. The van der Waals surface area contributed by atoms with Gasteiger partial charge in [0.15, 0.2) is 5.76 Å². The molecular weight excluding hydrogens is 346 g/mol. The number of anilines is 1. The van der Waals surface area contributed by atoms with Crippen LogP contribution < -0.4 is 5.32 Å². The molecule has 1 saturated heterocycles. The Morgan fingerprint density at radius 1 is 1.30 bits per heavy atom. The quantitative estimate of drug-likeness (QED) is 0.740. The van der Waals surface area contributed by atoms with Crippen LogP contribution in [0.3, 0.4) is 0 Å². The molecule has 8 nitrogen and oxygen atoms in total. The Kier molecular flexibility index (Phi) is 4.97. The maximum absolute atomic E-state index is 12.6. The van der Waals surface area contributed by atoms with E-state index in [4.69, 9.17) is 8.94 Å². The van der Waals surface area contributed by atoms with Crippen LogP contribution in [0.2, 0.25) is 0 Å². The topological polar surface area (TPSA) is 97.3 Å². The normalized spacial score (nSPS) is 17.7. The van der Waals surface area contributed by atoms with Gasteiger partial charge in [0, 0.05) is 12.2 Å². The van der Waals surface area contributed by atoms with Crippen molar-refractivity contribution in [3.63, 3.8) is 0 Å². The lowest BCUT2D eigenvalue weighted by molar-refractivity contribution is -0.121. The van der Waals surface area contributed by atoms with Crippen LogP contribution in [0, 0.1) is 12.8 Å². The number of aryl methyl sites for hydroxylation is 1. The fourth-order valence-corrected chi connectivity index (χ4v) is 3.27. The summed E-state index contributed by atoms with van der Waals surface area (Å²) in [7, 11) is 0. The van der Waals surface area contributed by atoms with Crippen LogP contribution in [0.25, 0.3) is 11.6 Å². The van der Waals surface area contributed by atoms with Gasteiger partial charge in [0.1, 0.15) is 5.82 Å². The molecule has 0 aliphatic carbocycles. The van der Waals surface area contributed by atoms with Crippen LogP contribution in [-0.2, 0) is 11.3 Å². The Balaban J connectivity index is 1.36. The second kappa shape index (κ2) is 7.71. The predicted molar refractivity (Wildman–Crippen MR) is 97.6 cm³/mol. The molecule has 1 amide bonds. The van der Waals surface area contributed by atoms with Crippen molar-refractivity contribution in [2.45, 2.75) is 26.3 Å². The molecule has 140 valence electrons. The summed E-state index contributed by atoms with van der Waals surface area (Å²) in [5.74, 6) is 2.03. The highest BCUT2D eigenvalue weighted by Crippen LogP contribution is 2.21. The van der Waals surface area contributed by atoms with E-state index in [9.17, 15) is 4.79 Å². The fraction of sp³-hybridized carbons (Fsp3) is 0.368. The van der Waals surface area contributed by atoms with Crippen LogP contribution in [0.4, 0.5) is 5.82 Å². The number of furan rings is 1. The minimum atomic E-state index is -0.0893. The van der Waals surface area contributed by atoms with Crippen molar-refractivity contribution in [2.75, 3.05) is 18.4 Å². The summed E-state index contributed by atoms with van der Waals surface area (Å²) in [5.41, 5.74) is 0.877. The SMILES string of the molecule is Cc1cccc(NC(=O)C2CCCN(Cc3nc(-c4ccco4)no3)C2)n1. The second-order valence-corrected chi connectivity index (χ2v) is 6.72. The largest absolute Gasteiger partial charge is 0.461 e. The Morgan fingerprint density at radius 3 is 3.04 bits per heavy atom. The third-order valence-corrected chi connectivity index (χ3v) is 4.58. The number of likely N-dealkylation sites (tertiary alicyclic amines) is 1. The van der Waals surface area contributed by atoms with Gasteiger partial charge in [-0.15, -0.1) is 0 Å². The van der Waals surface area contributed by atoms with E-state index >= 15 is 0 Å². The van der Waals surface area contributed by atoms with Crippen LogP contribution in [0.5, 0.6) is 0 Å². The van der Waals surface area contributed by atoms with Crippen LogP contribution >= 0.6 is 0 Å². The molecule has 27 heavy (non-hydrogen) atoms. The van der Waals surface area contributed by atoms with Gasteiger partial charge in [-0.25, -0.2) is 4.98 Å². The van der Waals surface area contributed by atoms with Crippen molar-refractivity contribution in [1.82, 2.24) is 20.0 Å². The average Bonchev–Trinajstić information content (AvgIpc) is 3.33. The molecule has 4 rings (SSSR count). The van der Waals surface area contributed by atoms with Crippen molar-refractivity contribution in [1.29, 1.82) is 0 Å². The van der Waals surface area contributed by atoms with E-state index in [2.05, 4.69) is 25.3 Å². The zero-order chi connectivity index (χ0) is 18.6. The Hall–Kier alpha value is -3.00. The van der Waals surface area contributed by atoms with Gasteiger partial charge in [0.05, 0.1) is 18.7 Å². The van der Waals surface area contributed by atoms with E-state index in [1.54, 1.807) is 24.5 Å². The molecule has 1 unspecified atom stereocenters. The lowest BCUT2D eigenvalue weighted by atomic mass is 9.97. The molecule has 0 aromatic carbocycles. The molecule has 3 aromatic heterocycles. The molecule has 1 fully saturated rings. The third kappa shape index (κ3) is 4.22. The van der Waals surface area contributed by atoms with E-state index in [1.807, 2.05) is 19.1 Å². The maximum atomic E-state index is 12.6. The summed E-state index contributed by atoms with van der Waals surface area (Å²) in [6.45, 7) is 3.96. The number of hydrogen-bond donors (Lipinski definition) is 1. The number of piperidine rings is 1. The lowest BCUT2D eigenvalue weighted by Crippen LogP contribution is -2.40. The van der Waals surface area contributed by atoms with E-state index in [0.717, 1.165) is 25.1 Å². The first kappa shape index (κ1) is 17.4. The number of carbonyl (C=O) groups is 1. The Labute approximate surface area is 156 Å². The number of carbonyl (C=O) groups excluding carboxylic acids is 1. The van der Waals surface area contributed by atoms with Gasteiger partial charge in [-0.3, -0.25) is 9.69 Å². The van der Waals surface area contributed by atoms with Gasteiger partial charge in [0.25, 0.3) is 0 Å². The number of nitrogens with zero attached hydrogens (tertiary/aromatic N) is 4. The lowest BCUT2D eigenvalue weighted by Gasteiger charge is -2.30. The summed E-state index contributed by atoms with van der Waals surface area (Å²) in [4.78, 5) is 23.5. The molecule has 4 heterocycles. The summed E-state index contributed by atoms with van der Waals surface area (Å²) < 4.78 is 10.6. The third-order valence-electron chi connectivity index (χ3n) is 4.58. The highest BCUT2D eigenvalue weighted by atomic mass is 16.5. The number of rotatable bonds is 5. The van der Waals surface area contributed by atoms with Crippen molar-refractivity contribution < 1.29 is 13.7 Å². The second-order valence-electron chi connectivity index (χ2n) is 6.72. The molecule has 1 aliphatic heterocycles. The van der Waals surface area contributed by atoms with E-state index in [1.165, 1.54) is 0 Å². The highest BCUT2D eigenvalue weighted by Gasteiger charge is 2.27. The number of pyridine rings is 1. The molecule has 3 aromatic rings. The maximum Gasteiger partial charge on any atom is 0.241 e. The summed E-state index contributed by atoms with van der Waals surface area (Å²) in [6, 6.07) is 9.16. The van der Waals surface area contributed by atoms with Crippen molar-refractivity contribution >= 4 is 11.7 Å². The molecule has 1 N–H and O–H groups in total. The fourth-order valence-electron chi connectivity index (χ4n) is 3.27. The molecule has 0 spiro atoms. The zero-order valence-corrected chi connectivity index (χ0v) is 15.1. The summed E-state index contributed by atoms with van der Waals surface area (Å²) in [5, 5.41) is 6.87. The summed E-state index contributed by atoms with van der Waals surface area (Å²) in [6.07, 6.45) is 3.37. The number of amides is 1. The molecule has 1 aliphatic rings. The molecule has 0 radical (unpaired) electrons. The summed E-state index contributed by atoms with van der Waals surface area (Å²) >= 11 is 0. The molecule has 8 heteroatoms. The van der Waals surface area contributed by atoms with Crippen molar-refractivity contribution in [3.05, 3.63) is 48.2 Å². The van der Waals surface area contributed by atoms with Crippen molar-refractivity contribution in [3.8, 4) is 11.6 Å². The molecule has 0 bridgehead atoms. The standard InChI is InChI=1S/C19H21N5O3/c1-13-5-2-8-16(20-13)21-19(25)14-6-3-9-24(11-14)12-17-22-18(23-27-17)15-7-4-10-26-15/h2,4-5,7-8,10,14H,3,6,9,11-12H2,1H3,(H,20,21,25). The molecular formula is C19H21N5O3. The molecule has 1 atom stereocenters. The minimum absolute atomic E-state index is 0.000367. The monoisotopic (exact) mass is 367 g/mol. The van der Waals surface area contributed by atoms with Gasteiger partial charge in [-0.2, -0.15) is 4.98 Å². The highest BCUT2D eigenvalue weighted by molar-refractivity contribution is 5.91. The van der Waals surface area contributed by atoms with Crippen LogP contribution in [-0.4, -0.2) is 39.0 Å².